The lowest BCUT2D eigenvalue weighted by Gasteiger charge is -2.21. The first kappa shape index (κ1) is 14.0. The van der Waals surface area contributed by atoms with Gasteiger partial charge < -0.3 is 5.32 Å². The summed E-state index contributed by atoms with van der Waals surface area (Å²) in [6, 6.07) is 3.42. The summed E-state index contributed by atoms with van der Waals surface area (Å²) in [5, 5.41) is 11.1. The summed E-state index contributed by atoms with van der Waals surface area (Å²) in [7, 11) is 0. The zero-order valence-corrected chi connectivity index (χ0v) is 12.3. The van der Waals surface area contributed by atoms with Gasteiger partial charge in [0, 0.05) is 0 Å². The van der Waals surface area contributed by atoms with Gasteiger partial charge in [-0.1, -0.05) is 25.4 Å². The first-order valence-electron chi connectivity index (χ1n) is 5.96. The maximum absolute atomic E-state index is 12.1. The molecule has 0 saturated heterocycles. The Morgan fingerprint density at radius 3 is 2.63 bits per heavy atom. The van der Waals surface area contributed by atoms with E-state index in [1.165, 1.54) is 11.3 Å². The average molecular weight is 299 g/mol. The van der Waals surface area contributed by atoms with Crippen molar-refractivity contribution >= 4 is 28.8 Å². The fourth-order valence-electron chi connectivity index (χ4n) is 1.61. The van der Waals surface area contributed by atoms with Crippen LogP contribution >= 0.6 is 22.9 Å². The Labute approximate surface area is 120 Å². The van der Waals surface area contributed by atoms with Crippen molar-refractivity contribution in [3.05, 3.63) is 33.7 Å². The van der Waals surface area contributed by atoms with Crippen LogP contribution in [-0.4, -0.2) is 26.9 Å². The lowest BCUT2D eigenvalue weighted by molar-refractivity contribution is 0.0922. The number of carbonyl (C=O) groups excluding carboxylic acids is 1. The minimum absolute atomic E-state index is 0.0271. The molecule has 2 rings (SSSR count). The highest BCUT2D eigenvalue weighted by Gasteiger charge is 2.19. The first-order chi connectivity index (χ1) is 9.06. The molecule has 0 aliphatic heterocycles. The van der Waals surface area contributed by atoms with Gasteiger partial charge in [0.05, 0.1) is 34.2 Å². The number of amides is 1. The number of hydrogen-bond donors (Lipinski definition) is 1. The molecule has 1 amide bonds. The second-order valence-electron chi connectivity index (χ2n) is 4.51. The molecule has 0 bridgehead atoms. The molecule has 102 valence electrons. The molecule has 0 aliphatic rings. The van der Waals surface area contributed by atoms with E-state index in [0.717, 1.165) is 0 Å². The lowest BCUT2D eigenvalue weighted by Crippen LogP contribution is -2.41. The second kappa shape index (κ2) is 6.16. The van der Waals surface area contributed by atoms with Gasteiger partial charge in [-0.15, -0.1) is 11.3 Å². The molecule has 1 N–H and O–H groups in total. The third kappa shape index (κ3) is 3.78. The zero-order chi connectivity index (χ0) is 13.8. The molecule has 2 aromatic heterocycles. The van der Waals surface area contributed by atoms with Gasteiger partial charge in [0.1, 0.15) is 0 Å². The molecule has 2 aromatic rings. The molecular formula is C12H15ClN4OS. The molecule has 0 saturated carbocycles. The quantitative estimate of drug-likeness (QED) is 0.922. The van der Waals surface area contributed by atoms with Crippen molar-refractivity contribution in [3.8, 4) is 0 Å². The first-order valence-corrected chi connectivity index (χ1v) is 7.16. The van der Waals surface area contributed by atoms with Crippen molar-refractivity contribution in [2.45, 2.75) is 26.4 Å². The summed E-state index contributed by atoms with van der Waals surface area (Å²) < 4.78 is 0.611. The van der Waals surface area contributed by atoms with Crippen molar-refractivity contribution < 1.29 is 4.79 Å². The number of nitrogens with zero attached hydrogens (tertiary/aromatic N) is 3. The van der Waals surface area contributed by atoms with Crippen LogP contribution in [0.2, 0.25) is 4.34 Å². The number of rotatable bonds is 5. The molecule has 0 radical (unpaired) electrons. The van der Waals surface area contributed by atoms with E-state index < -0.39 is 0 Å². The second-order valence-corrected chi connectivity index (χ2v) is 6.23. The van der Waals surface area contributed by atoms with Crippen LogP contribution in [0.15, 0.2) is 24.5 Å². The van der Waals surface area contributed by atoms with Gasteiger partial charge >= 0.3 is 0 Å². The fraction of sp³-hybridized carbons (Fsp3) is 0.417. The summed E-state index contributed by atoms with van der Waals surface area (Å²) in [6.07, 6.45) is 3.25. The number of thiophene rings is 1. The zero-order valence-electron chi connectivity index (χ0n) is 10.7. The van der Waals surface area contributed by atoms with E-state index in [0.29, 0.717) is 15.8 Å². The maximum Gasteiger partial charge on any atom is 0.261 e. The molecule has 7 heteroatoms. The van der Waals surface area contributed by atoms with Crippen LogP contribution in [0.25, 0.3) is 0 Å². The topological polar surface area (TPSA) is 59.8 Å². The Hall–Kier alpha value is -1.40. The lowest BCUT2D eigenvalue weighted by atomic mass is 10.0. The fourth-order valence-corrected chi connectivity index (χ4v) is 2.56. The van der Waals surface area contributed by atoms with Crippen molar-refractivity contribution in [1.82, 2.24) is 20.3 Å². The van der Waals surface area contributed by atoms with Crippen LogP contribution in [0.5, 0.6) is 0 Å². The summed E-state index contributed by atoms with van der Waals surface area (Å²) in [5.41, 5.74) is 0. The largest absolute Gasteiger partial charge is 0.346 e. The van der Waals surface area contributed by atoms with E-state index in [2.05, 4.69) is 29.4 Å². The third-order valence-electron chi connectivity index (χ3n) is 2.74. The van der Waals surface area contributed by atoms with E-state index in [4.69, 9.17) is 11.6 Å². The minimum atomic E-state index is -0.109. The van der Waals surface area contributed by atoms with E-state index in [-0.39, 0.29) is 17.9 Å². The maximum atomic E-state index is 12.1. The molecule has 1 atom stereocenters. The van der Waals surface area contributed by atoms with Gasteiger partial charge in [-0.2, -0.15) is 15.0 Å². The van der Waals surface area contributed by atoms with Crippen LogP contribution in [0, 0.1) is 5.92 Å². The monoisotopic (exact) mass is 298 g/mol. The van der Waals surface area contributed by atoms with Crippen LogP contribution in [-0.2, 0) is 6.54 Å². The highest BCUT2D eigenvalue weighted by atomic mass is 35.5. The minimum Gasteiger partial charge on any atom is -0.346 e. The predicted molar refractivity (Wildman–Crippen MR) is 75.4 cm³/mol. The Bertz CT molecular complexity index is 538. The Kier molecular flexibility index (Phi) is 4.55. The predicted octanol–water partition coefficient (Wildman–Crippen LogP) is 2.45. The molecule has 5 nitrogen and oxygen atoms in total. The van der Waals surface area contributed by atoms with E-state index in [1.54, 1.807) is 29.3 Å². The number of nitrogens with one attached hydrogen (secondary N) is 1. The standard InChI is InChI=1S/C12H15ClN4OS/c1-8(2)9(7-17-14-5-6-15-17)16-12(18)10-3-4-11(13)19-10/h3-6,8-9H,7H2,1-2H3,(H,16,18)/t9-/m1/s1. The molecule has 0 aromatic carbocycles. The van der Waals surface area contributed by atoms with Gasteiger partial charge in [-0.3, -0.25) is 4.79 Å². The number of aromatic nitrogens is 3. The van der Waals surface area contributed by atoms with Crippen LogP contribution in [0.1, 0.15) is 23.5 Å². The third-order valence-corrected chi connectivity index (χ3v) is 3.97. The Morgan fingerprint density at radius 1 is 1.42 bits per heavy atom. The highest BCUT2D eigenvalue weighted by molar-refractivity contribution is 7.17. The average Bonchev–Trinajstić information content (AvgIpc) is 2.99. The van der Waals surface area contributed by atoms with Crippen LogP contribution in [0.4, 0.5) is 0 Å². The van der Waals surface area contributed by atoms with Crippen LogP contribution in [0.3, 0.4) is 0 Å². The van der Waals surface area contributed by atoms with Crippen LogP contribution < -0.4 is 5.32 Å². The van der Waals surface area contributed by atoms with E-state index >= 15 is 0 Å². The molecular weight excluding hydrogens is 284 g/mol. The van der Waals surface area contributed by atoms with Crippen molar-refractivity contribution in [2.24, 2.45) is 5.92 Å². The van der Waals surface area contributed by atoms with Gasteiger partial charge in [0.2, 0.25) is 0 Å². The number of hydrogen-bond acceptors (Lipinski definition) is 4. The van der Waals surface area contributed by atoms with Crippen molar-refractivity contribution in [1.29, 1.82) is 0 Å². The van der Waals surface area contributed by atoms with Gasteiger partial charge in [-0.05, 0) is 18.1 Å². The normalized spacial score (nSPS) is 12.6. The van der Waals surface area contributed by atoms with E-state index in [1.807, 2.05) is 0 Å². The molecule has 2 heterocycles. The summed E-state index contributed by atoms with van der Waals surface area (Å²) in [4.78, 5) is 14.3. The highest BCUT2D eigenvalue weighted by Crippen LogP contribution is 2.21. The molecule has 19 heavy (non-hydrogen) atoms. The molecule has 0 unspecified atom stereocenters. The Morgan fingerprint density at radius 2 is 2.11 bits per heavy atom. The molecule has 0 aliphatic carbocycles. The van der Waals surface area contributed by atoms with Crippen molar-refractivity contribution in [2.75, 3.05) is 0 Å². The smallest absolute Gasteiger partial charge is 0.261 e. The summed E-state index contributed by atoms with van der Waals surface area (Å²) in [5.74, 6) is 0.174. The van der Waals surface area contributed by atoms with Crippen molar-refractivity contribution in [3.63, 3.8) is 0 Å². The number of carbonyl (C=O) groups is 1. The van der Waals surface area contributed by atoms with Gasteiger partial charge in [0.15, 0.2) is 0 Å². The van der Waals surface area contributed by atoms with Gasteiger partial charge in [-0.25, -0.2) is 0 Å². The van der Waals surface area contributed by atoms with Gasteiger partial charge in [0.25, 0.3) is 5.91 Å². The summed E-state index contributed by atoms with van der Waals surface area (Å²) >= 11 is 7.11. The SMILES string of the molecule is CC(C)[C@@H](Cn1nccn1)NC(=O)c1ccc(Cl)s1. The molecule has 0 spiro atoms. The summed E-state index contributed by atoms with van der Waals surface area (Å²) in [6.45, 7) is 4.65. The van der Waals surface area contributed by atoms with E-state index in [9.17, 15) is 4.79 Å². The Balaban J connectivity index is 2.02. The number of halogens is 1. The molecule has 0 fully saturated rings.